The highest BCUT2D eigenvalue weighted by atomic mass is 32.2. The molecule has 3 N–H and O–H groups in total. The van der Waals surface area contributed by atoms with Crippen molar-refractivity contribution in [3.05, 3.63) is 29.6 Å². The lowest BCUT2D eigenvalue weighted by Crippen LogP contribution is -2.39. The standard InChI is InChI=1S/C13H17FN2O5S/c1-7(2)16-12(17)8(3)21-13(18)10-6-9(22(15,19)20)4-5-11(10)14/h4-8H,1-3H3,(H,16,17)(H2,15,19,20). The maximum atomic E-state index is 13.6. The van der Waals surface area contributed by atoms with E-state index in [-0.39, 0.29) is 6.04 Å². The molecule has 0 spiro atoms. The zero-order valence-electron chi connectivity index (χ0n) is 12.3. The van der Waals surface area contributed by atoms with E-state index in [0.717, 1.165) is 18.2 Å². The number of hydrogen-bond donors (Lipinski definition) is 2. The van der Waals surface area contributed by atoms with Gasteiger partial charge in [0.05, 0.1) is 10.5 Å². The highest BCUT2D eigenvalue weighted by Gasteiger charge is 2.23. The molecule has 0 aromatic heterocycles. The molecule has 1 atom stereocenters. The number of nitrogens with two attached hydrogens (primary N) is 1. The molecule has 0 aliphatic rings. The van der Waals surface area contributed by atoms with E-state index in [1.54, 1.807) is 13.8 Å². The summed E-state index contributed by atoms with van der Waals surface area (Å²) in [6, 6.07) is 2.32. The van der Waals surface area contributed by atoms with E-state index < -0.39 is 44.3 Å². The third-order valence-electron chi connectivity index (χ3n) is 2.57. The fourth-order valence-electron chi connectivity index (χ4n) is 1.52. The van der Waals surface area contributed by atoms with Crippen molar-refractivity contribution in [3.8, 4) is 0 Å². The maximum absolute atomic E-state index is 13.6. The Balaban J connectivity index is 2.97. The average molecular weight is 332 g/mol. The number of esters is 1. The lowest BCUT2D eigenvalue weighted by Gasteiger charge is -2.15. The first-order valence-corrected chi connectivity index (χ1v) is 7.90. The van der Waals surface area contributed by atoms with Crippen LogP contribution in [0.1, 0.15) is 31.1 Å². The summed E-state index contributed by atoms with van der Waals surface area (Å²) in [7, 11) is -4.09. The molecule has 0 heterocycles. The van der Waals surface area contributed by atoms with Crippen LogP contribution in [0.2, 0.25) is 0 Å². The molecular weight excluding hydrogens is 315 g/mol. The van der Waals surface area contributed by atoms with Gasteiger partial charge in [-0.2, -0.15) is 0 Å². The quantitative estimate of drug-likeness (QED) is 0.764. The van der Waals surface area contributed by atoms with E-state index in [0.29, 0.717) is 0 Å². The largest absolute Gasteiger partial charge is 0.449 e. The van der Waals surface area contributed by atoms with Crippen LogP contribution < -0.4 is 10.5 Å². The SMILES string of the molecule is CC(C)NC(=O)C(C)OC(=O)c1cc(S(N)(=O)=O)ccc1F. The summed E-state index contributed by atoms with van der Waals surface area (Å²) in [6.45, 7) is 4.76. The molecule has 1 aromatic carbocycles. The van der Waals surface area contributed by atoms with Gasteiger partial charge in [0.1, 0.15) is 5.82 Å². The van der Waals surface area contributed by atoms with E-state index in [2.05, 4.69) is 5.32 Å². The van der Waals surface area contributed by atoms with Gasteiger partial charge >= 0.3 is 5.97 Å². The molecule has 0 bridgehead atoms. The Morgan fingerprint density at radius 2 is 1.86 bits per heavy atom. The van der Waals surface area contributed by atoms with E-state index in [9.17, 15) is 22.4 Å². The number of carbonyl (C=O) groups is 2. The lowest BCUT2D eigenvalue weighted by molar-refractivity contribution is -0.129. The molecule has 0 saturated carbocycles. The number of halogens is 1. The second-order valence-electron chi connectivity index (χ2n) is 4.90. The molecule has 1 rings (SSSR count). The van der Waals surface area contributed by atoms with Gasteiger partial charge in [0, 0.05) is 6.04 Å². The number of benzene rings is 1. The van der Waals surface area contributed by atoms with E-state index in [1.807, 2.05) is 0 Å². The number of rotatable bonds is 5. The van der Waals surface area contributed by atoms with Gasteiger partial charge in [-0.15, -0.1) is 0 Å². The van der Waals surface area contributed by atoms with Crippen LogP contribution in [0.5, 0.6) is 0 Å². The van der Waals surface area contributed by atoms with Crippen molar-refractivity contribution in [2.45, 2.75) is 37.8 Å². The number of hydrogen-bond acceptors (Lipinski definition) is 5. The first kappa shape index (κ1) is 18.1. The minimum absolute atomic E-state index is 0.156. The number of sulfonamides is 1. The highest BCUT2D eigenvalue weighted by Crippen LogP contribution is 2.15. The third kappa shape index (κ3) is 4.78. The van der Waals surface area contributed by atoms with Crippen LogP contribution in [0.15, 0.2) is 23.1 Å². The van der Waals surface area contributed by atoms with Gasteiger partial charge in [0.25, 0.3) is 5.91 Å². The summed E-state index contributed by atoms with van der Waals surface area (Å²) in [6.07, 6.45) is -1.16. The fourth-order valence-corrected chi connectivity index (χ4v) is 2.06. The number of ether oxygens (including phenoxy) is 1. The van der Waals surface area contributed by atoms with Crippen molar-refractivity contribution in [2.24, 2.45) is 5.14 Å². The molecule has 0 fully saturated rings. The van der Waals surface area contributed by atoms with Gasteiger partial charge in [0.15, 0.2) is 6.10 Å². The molecule has 0 aliphatic carbocycles. The first-order chi connectivity index (χ1) is 10.0. The molecule has 0 aliphatic heterocycles. The third-order valence-corrected chi connectivity index (χ3v) is 3.48. The van der Waals surface area contributed by atoms with Crippen molar-refractivity contribution in [1.82, 2.24) is 5.32 Å². The van der Waals surface area contributed by atoms with Crippen LogP contribution in [-0.4, -0.2) is 32.4 Å². The predicted octanol–water partition coefficient (Wildman–Crippen LogP) is 0.543. The number of primary sulfonamides is 1. The zero-order chi connectivity index (χ0) is 17.1. The minimum atomic E-state index is -4.09. The van der Waals surface area contributed by atoms with Gasteiger partial charge in [-0.3, -0.25) is 4.79 Å². The predicted molar refractivity (Wildman–Crippen MR) is 75.9 cm³/mol. The van der Waals surface area contributed by atoms with Gasteiger partial charge in [-0.25, -0.2) is 22.7 Å². The van der Waals surface area contributed by atoms with Crippen molar-refractivity contribution in [3.63, 3.8) is 0 Å². The Kier molecular flexibility index (Phi) is 5.61. The van der Waals surface area contributed by atoms with Crippen LogP contribution in [0.3, 0.4) is 0 Å². The van der Waals surface area contributed by atoms with Gasteiger partial charge in [-0.1, -0.05) is 0 Å². The zero-order valence-corrected chi connectivity index (χ0v) is 13.1. The Hall–Kier alpha value is -2.00. The average Bonchev–Trinajstić information content (AvgIpc) is 2.36. The van der Waals surface area contributed by atoms with Crippen LogP contribution in [0.25, 0.3) is 0 Å². The second-order valence-corrected chi connectivity index (χ2v) is 6.46. The summed E-state index contributed by atoms with van der Waals surface area (Å²) < 4.78 is 40.9. The monoisotopic (exact) mass is 332 g/mol. The molecule has 0 saturated heterocycles. The summed E-state index contributed by atoms with van der Waals surface area (Å²) in [5, 5.41) is 7.44. The Morgan fingerprint density at radius 3 is 2.36 bits per heavy atom. The fraction of sp³-hybridized carbons (Fsp3) is 0.385. The highest BCUT2D eigenvalue weighted by molar-refractivity contribution is 7.89. The molecule has 1 amide bonds. The van der Waals surface area contributed by atoms with Gasteiger partial charge in [-0.05, 0) is 39.0 Å². The molecule has 22 heavy (non-hydrogen) atoms. The van der Waals surface area contributed by atoms with Crippen molar-refractivity contribution < 1.29 is 27.1 Å². The molecule has 1 aromatic rings. The summed E-state index contributed by atoms with van der Waals surface area (Å²) in [4.78, 5) is 23.1. The smallest absolute Gasteiger partial charge is 0.341 e. The van der Waals surface area contributed by atoms with E-state index >= 15 is 0 Å². The molecule has 122 valence electrons. The topological polar surface area (TPSA) is 116 Å². The molecule has 9 heteroatoms. The normalized spacial score (nSPS) is 12.8. The van der Waals surface area contributed by atoms with Crippen molar-refractivity contribution >= 4 is 21.9 Å². The van der Waals surface area contributed by atoms with Crippen LogP contribution in [-0.2, 0) is 19.6 Å². The summed E-state index contributed by atoms with van der Waals surface area (Å²) >= 11 is 0. The second kappa shape index (κ2) is 6.84. The van der Waals surface area contributed by atoms with E-state index in [1.165, 1.54) is 6.92 Å². The molecule has 0 radical (unpaired) electrons. The maximum Gasteiger partial charge on any atom is 0.341 e. The van der Waals surface area contributed by atoms with Crippen molar-refractivity contribution in [1.29, 1.82) is 0 Å². The first-order valence-electron chi connectivity index (χ1n) is 6.36. The number of carbonyl (C=O) groups excluding carboxylic acids is 2. The van der Waals surface area contributed by atoms with E-state index in [4.69, 9.17) is 9.88 Å². The molecule has 7 nitrogen and oxygen atoms in total. The summed E-state index contributed by atoms with van der Waals surface area (Å²) in [5.41, 5.74) is -0.615. The Labute approximate surface area is 127 Å². The number of nitrogens with one attached hydrogen (secondary N) is 1. The Morgan fingerprint density at radius 1 is 1.27 bits per heavy atom. The van der Waals surface area contributed by atoms with Crippen LogP contribution >= 0.6 is 0 Å². The van der Waals surface area contributed by atoms with Gasteiger partial charge < -0.3 is 10.1 Å². The molecular formula is C13H17FN2O5S. The van der Waals surface area contributed by atoms with Crippen LogP contribution in [0.4, 0.5) is 4.39 Å². The minimum Gasteiger partial charge on any atom is -0.449 e. The van der Waals surface area contributed by atoms with Gasteiger partial charge in [0.2, 0.25) is 10.0 Å². The molecule has 1 unspecified atom stereocenters. The summed E-state index contributed by atoms with van der Waals surface area (Å²) in [5.74, 6) is -2.69. The number of amides is 1. The Bertz CT molecular complexity index is 688. The lowest BCUT2D eigenvalue weighted by atomic mass is 10.2. The van der Waals surface area contributed by atoms with Crippen LogP contribution in [0, 0.1) is 5.82 Å². The van der Waals surface area contributed by atoms with Crippen molar-refractivity contribution in [2.75, 3.05) is 0 Å².